The molecule has 2 aromatic carbocycles. The summed E-state index contributed by atoms with van der Waals surface area (Å²) in [6, 6.07) is 11.1. The SMILES string of the molecule is O=C(CN1C(=O)C(C(=O)N2CCCCCC2)Sc2ccccc21)Nc1ccc(C(F)(F)F)cc1. The quantitative estimate of drug-likeness (QED) is 0.637. The first kappa shape index (κ1) is 24.1. The van der Waals surface area contributed by atoms with E-state index < -0.39 is 28.8 Å². The number of nitrogens with zero attached hydrogens (tertiary/aromatic N) is 2. The molecule has 2 heterocycles. The molecule has 3 amide bonds. The van der Waals surface area contributed by atoms with Crippen molar-refractivity contribution in [3.05, 3.63) is 54.1 Å². The van der Waals surface area contributed by atoms with Gasteiger partial charge in [0.1, 0.15) is 6.54 Å². The van der Waals surface area contributed by atoms with E-state index in [1.807, 2.05) is 0 Å². The molecule has 34 heavy (non-hydrogen) atoms. The first-order chi connectivity index (χ1) is 16.2. The Morgan fingerprint density at radius 2 is 1.62 bits per heavy atom. The number of alkyl halides is 3. The maximum Gasteiger partial charge on any atom is 0.416 e. The predicted molar refractivity (Wildman–Crippen MR) is 124 cm³/mol. The topological polar surface area (TPSA) is 69.7 Å². The van der Waals surface area contributed by atoms with Gasteiger partial charge in [-0.2, -0.15) is 13.2 Å². The number of hydrogen-bond donors (Lipinski definition) is 1. The Morgan fingerprint density at radius 3 is 2.26 bits per heavy atom. The van der Waals surface area contributed by atoms with Gasteiger partial charge < -0.3 is 15.1 Å². The van der Waals surface area contributed by atoms with Crippen molar-refractivity contribution in [3.8, 4) is 0 Å². The predicted octanol–water partition coefficient (Wildman–Crippen LogP) is 4.55. The molecule has 1 saturated heterocycles. The highest BCUT2D eigenvalue weighted by atomic mass is 32.2. The van der Waals surface area contributed by atoms with Crippen molar-refractivity contribution in [2.75, 3.05) is 29.9 Å². The number of thioether (sulfide) groups is 1. The number of hydrogen-bond acceptors (Lipinski definition) is 4. The first-order valence-corrected chi connectivity index (χ1v) is 11.9. The smallest absolute Gasteiger partial charge is 0.341 e. The fourth-order valence-corrected chi connectivity index (χ4v) is 5.27. The minimum absolute atomic E-state index is 0.183. The molecule has 0 aromatic heterocycles. The Bertz CT molecular complexity index is 1070. The van der Waals surface area contributed by atoms with Crippen molar-refractivity contribution in [1.82, 2.24) is 4.90 Å². The van der Waals surface area contributed by atoms with Crippen LogP contribution in [0.25, 0.3) is 0 Å². The third-order valence-corrected chi connectivity index (χ3v) is 7.07. The third-order valence-electron chi connectivity index (χ3n) is 5.83. The molecular formula is C24H24F3N3O3S. The van der Waals surface area contributed by atoms with E-state index in [4.69, 9.17) is 0 Å². The molecule has 10 heteroatoms. The van der Waals surface area contributed by atoms with E-state index in [2.05, 4.69) is 5.32 Å². The van der Waals surface area contributed by atoms with Crippen molar-refractivity contribution in [2.24, 2.45) is 0 Å². The van der Waals surface area contributed by atoms with Gasteiger partial charge in [-0.05, 0) is 49.2 Å². The first-order valence-electron chi connectivity index (χ1n) is 11.1. The minimum atomic E-state index is -4.47. The third kappa shape index (κ3) is 5.38. The molecular weight excluding hydrogens is 467 g/mol. The number of carbonyl (C=O) groups excluding carboxylic acids is 3. The number of benzene rings is 2. The van der Waals surface area contributed by atoms with Crippen LogP contribution in [0.3, 0.4) is 0 Å². The van der Waals surface area contributed by atoms with Crippen LogP contribution in [0.5, 0.6) is 0 Å². The van der Waals surface area contributed by atoms with E-state index in [1.165, 1.54) is 16.7 Å². The van der Waals surface area contributed by atoms with Crippen LogP contribution in [0.2, 0.25) is 0 Å². The van der Waals surface area contributed by atoms with Crippen LogP contribution in [0, 0.1) is 0 Å². The summed E-state index contributed by atoms with van der Waals surface area (Å²) in [4.78, 5) is 43.0. The molecule has 1 unspecified atom stereocenters. The van der Waals surface area contributed by atoms with Crippen molar-refractivity contribution in [3.63, 3.8) is 0 Å². The number of fused-ring (bicyclic) bond motifs is 1. The highest BCUT2D eigenvalue weighted by molar-refractivity contribution is 8.01. The average Bonchev–Trinajstić information content (AvgIpc) is 3.10. The van der Waals surface area contributed by atoms with Gasteiger partial charge >= 0.3 is 6.18 Å². The molecule has 2 aliphatic heterocycles. The number of amides is 3. The lowest BCUT2D eigenvalue weighted by atomic mass is 10.2. The van der Waals surface area contributed by atoms with Gasteiger partial charge in [-0.3, -0.25) is 14.4 Å². The summed E-state index contributed by atoms with van der Waals surface area (Å²) < 4.78 is 38.3. The van der Waals surface area contributed by atoms with Gasteiger partial charge in [0.2, 0.25) is 11.8 Å². The summed E-state index contributed by atoms with van der Waals surface area (Å²) >= 11 is 1.19. The van der Waals surface area contributed by atoms with E-state index in [1.54, 1.807) is 29.2 Å². The molecule has 6 nitrogen and oxygen atoms in total. The molecule has 2 aromatic rings. The Balaban J connectivity index is 1.51. The van der Waals surface area contributed by atoms with Gasteiger partial charge in [0.15, 0.2) is 5.25 Å². The van der Waals surface area contributed by atoms with E-state index in [0.717, 1.165) is 54.8 Å². The molecule has 180 valence electrons. The molecule has 1 fully saturated rings. The van der Waals surface area contributed by atoms with Gasteiger partial charge in [-0.1, -0.05) is 25.0 Å². The zero-order chi connectivity index (χ0) is 24.3. The molecule has 1 N–H and O–H groups in total. The molecule has 0 radical (unpaired) electrons. The summed E-state index contributed by atoms with van der Waals surface area (Å²) in [6.07, 6.45) is -0.581. The maximum absolute atomic E-state index is 13.4. The van der Waals surface area contributed by atoms with Crippen LogP contribution >= 0.6 is 11.8 Å². The second-order valence-corrected chi connectivity index (χ2v) is 9.40. The van der Waals surface area contributed by atoms with Crippen LogP contribution in [0.4, 0.5) is 24.5 Å². The number of carbonyl (C=O) groups is 3. The number of halogens is 3. The highest BCUT2D eigenvalue weighted by Gasteiger charge is 2.40. The lowest BCUT2D eigenvalue weighted by Gasteiger charge is -2.34. The van der Waals surface area contributed by atoms with E-state index >= 15 is 0 Å². The van der Waals surface area contributed by atoms with Crippen molar-refractivity contribution < 1.29 is 27.6 Å². The molecule has 1 atom stereocenters. The van der Waals surface area contributed by atoms with E-state index in [9.17, 15) is 27.6 Å². The lowest BCUT2D eigenvalue weighted by Crippen LogP contribution is -2.51. The lowest BCUT2D eigenvalue weighted by molar-refractivity contribution is -0.137. The van der Waals surface area contributed by atoms with E-state index in [-0.39, 0.29) is 18.1 Å². The zero-order valence-electron chi connectivity index (χ0n) is 18.3. The molecule has 0 spiro atoms. The Hall–Kier alpha value is -3.01. The maximum atomic E-state index is 13.4. The number of likely N-dealkylation sites (tertiary alicyclic amines) is 1. The van der Waals surface area contributed by atoms with Gasteiger partial charge in [0, 0.05) is 23.7 Å². The molecule has 4 rings (SSSR count). The average molecular weight is 492 g/mol. The Labute approximate surface area is 199 Å². The molecule has 2 aliphatic rings. The second kappa shape index (κ2) is 10.1. The van der Waals surface area contributed by atoms with Gasteiger partial charge in [0.05, 0.1) is 11.3 Å². The fourth-order valence-electron chi connectivity index (χ4n) is 4.08. The van der Waals surface area contributed by atoms with Crippen molar-refractivity contribution in [2.45, 2.75) is 42.0 Å². The summed E-state index contributed by atoms with van der Waals surface area (Å²) in [6.45, 7) is 0.861. The Morgan fingerprint density at radius 1 is 0.971 bits per heavy atom. The van der Waals surface area contributed by atoms with Crippen LogP contribution in [0.1, 0.15) is 31.2 Å². The molecule has 0 saturated carbocycles. The zero-order valence-corrected chi connectivity index (χ0v) is 19.1. The summed E-state index contributed by atoms with van der Waals surface area (Å²) in [7, 11) is 0. The molecule has 0 aliphatic carbocycles. The van der Waals surface area contributed by atoms with Gasteiger partial charge in [-0.25, -0.2) is 0 Å². The normalized spacial score (nSPS) is 18.8. The van der Waals surface area contributed by atoms with Crippen molar-refractivity contribution in [1.29, 1.82) is 0 Å². The number of para-hydroxylation sites is 1. The van der Waals surface area contributed by atoms with Gasteiger partial charge in [-0.15, -0.1) is 11.8 Å². The van der Waals surface area contributed by atoms with Gasteiger partial charge in [0.25, 0.3) is 5.91 Å². The highest BCUT2D eigenvalue weighted by Crippen LogP contribution is 2.40. The minimum Gasteiger partial charge on any atom is -0.341 e. The number of anilines is 2. The number of rotatable bonds is 4. The second-order valence-electron chi connectivity index (χ2n) is 8.25. The van der Waals surface area contributed by atoms with Crippen LogP contribution in [-0.2, 0) is 20.6 Å². The fraction of sp³-hybridized carbons (Fsp3) is 0.375. The van der Waals surface area contributed by atoms with Crippen LogP contribution < -0.4 is 10.2 Å². The Kier molecular flexibility index (Phi) is 7.16. The van der Waals surface area contributed by atoms with Crippen molar-refractivity contribution >= 4 is 40.9 Å². The summed E-state index contributed by atoms with van der Waals surface area (Å²) in [5, 5.41) is 1.55. The largest absolute Gasteiger partial charge is 0.416 e. The standard InChI is InChI=1S/C24H24F3N3O3S/c25-24(26,27)16-9-11-17(12-10-16)28-20(31)15-30-18-7-3-4-8-19(18)34-21(23(30)33)22(32)29-13-5-1-2-6-14-29/h3-4,7-12,21H,1-2,5-6,13-15H2,(H,28,31). The van der Waals surface area contributed by atoms with E-state index in [0.29, 0.717) is 18.8 Å². The summed E-state index contributed by atoms with van der Waals surface area (Å²) in [5.41, 5.74) is -0.111. The van der Waals surface area contributed by atoms with Crippen LogP contribution in [-0.4, -0.2) is 47.5 Å². The number of nitrogens with one attached hydrogen (secondary N) is 1. The van der Waals surface area contributed by atoms with Crippen LogP contribution in [0.15, 0.2) is 53.4 Å². The monoisotopic (exact) mass is 491 g/mol. The molecule has 0 bridgehead atoms. The summed E-state index contributed by atoms with van der Waals surface area (Å²) in [5.74, 6) is -1.30.